The highest BCUT2D eigenvalue weighted by atomic mass is 16.4. The van der Waals surface area contributed by atoms with E-state index in [1.54, 1.807) is 29.4 Å². The Bertz CT molecular complexity index is 532. The lowest BCUT2D eigenvalue weighted by molar-refractivity contribution is 0.318. The van der Waals surface area contributed by atoms with E-state index in [0.29, 0.717) is 5.82 Å². The molecule has 6 heteroatoms. The second kappa shape index (κ2) is 4.01. The molecule has 0 bridgehead atoms. The van der Waals surface area contributed by atoms with Crippen molar-refractivity contribution in [3.05, 3.63) is 42.2 Å². The fraction of sp³-hybridized carbons (Fsp3) is 0.100. The minimum atomic E-state index is -0.0267. The summed E-state index contributed by atoms with van der Waals surface area (Å²) >= 11 is 0. The number of aromatic nitrogens is 3. The van der Waals surface area contributed by atoms with Gasteiger partial charge in [0.15, 0.2) is 5.82 Å². The number of imidazole rings is 1. The van der Waals surface area contributed by atoms with Crippen LogP contribution < -0.4 is 5.73 Å². The Hall–Kier alpha value is -2.37. The molecule has 0 aliphatic heterocycles. The van der Waals surface area contributed by atoms with Crippen LogP contribution in [0, 0.1) is 6.92 Å². The highest BCUT2D eigenvalue weighted by Crippen LogP contribution is 2.13. The minimum Gasteiger partial charge on any atom is -0.409 e. The molecule has 0 aromatic carbocycles. The lowest BCUT2D eigenvalue weighted by atomic mass is 10.2. The van der Waals surface area contributed by atoms with Crippen molar-refractivity contribution in [1.29, 1.82) is 0 Å². The first kappa shape index (κ1) is 10.2. The quantitative estimate of drug-likeness (QED) is 0.335. The second-order valence-corrected chi connectivity index (χ2v) is 3.27. The Morgan fingerprint density at radius 3 is 3.00 bits per heavy atom. The van der Waals surface area contributed by atoms with Gasteiger partial charge in [0.2, 0.25) is 5.84 Å². The molecule has 2 aromatic heterocycles. The molecule has 0 saturated carbocycles. The Morgan fingerprint density at radius 1 is 1.50 bits per heavy atom. The van der Waals surface area contributed by atoms with Crippen molar-refractivity contribution in [2.75, 3.05) is 0 Å². The number of nitrogens with two attached hydrogens (primary N) is 1. The summed E-state index contributed by atoms with van der Waals surface area (Å²) in [7, 11) is 0. The van der Waals surface area contributed by atoms with Gasteiger partial charge in [0.1, 0.15) is 0 Å². The summed E-state index contributed by atoms with van der Waals surface area (Å²) in [4.78, 5) is 8.04. The van der Waals surface area contributed by atoms with Crippen LogP contribution in [-0.2, 0) is 0 Å². The van der Waals surface area contributed by atoms with Crippen LogP contribution in [0.25, 0.3) is 5.69 Å². The molecular weight excluding hydrogens is 206 g/mol. The summed E-state index contributed by atoms with van der Waals surface area (Å²) in [6.07, 6.45) is 6.76. The van der Waals surface area contributed by atoms with Crippen molar-refractivity contribution in [2.24, 2.45) is 10.9 Å². The van der Waals surface area contributed by atoms with Gasteiger partial charge >= 0.3 is 0 Å². The van der Waals surface area contributed by atoms with E-state index in [2.05, 4.69) is 15.1 Å². The van der Waals surface area contributed by atoms with Crippen LogP contribution in [0.5, 0.6) is 0 Å². The molecule has 0 atom stereocenters. The Morgan fingerprint density at radius 2 is 2.31 bits per heavy atom. The third-order valence-electron chi connectivity index (χ3n) is 2.23. The second-order valence-electron chi connectivity index (χ2n) is 3.27. The van der Waals surface area contributed by atoms with Gasteiger partial charge in [0.25, 0.3) is 0 Å². The molecule has 0 aliphatic rings. The van der Waals surface area contributed by atoms with Gasteiger partial charge < -0.3 is 10.9 Å². The average Bonchev–Trinajstić information content (AvgIpc) is 2.77. The van der Waals surface area contributed by atoms with Crippen molar-refractivity contribution in [2.45, 2.75) is 6.92 Å². The number of hydrogen-bond donors (Lipinski definition) is 2. The molecule has 3 N–H and O–H groups in total. The number of pyridine rings is 1. The van der Waals surface area contributed by atoms with Gasteiger partial charge in [-0.1, -0.05) is 5.16 Å². The molecule has 16 heavy (non-hydrogen) atoms. The fourth-order valence-electron chi connectivity index (χ4n) is 1.47. The fourth-order valence-corrected chi connectivity index (χ4v) is 1.47. The summed E-state index contributed by atoms with van der Waals surface area (Å²) in [5.41, 5.74) is 7.40. The molecule has 6 nitrogen and oxygen atoms in total. The van der Waals surface area contributed by atoms with Crippen LogP contribution >= 0.6 is 0 Å². The van der Waals surface area contributed by atoms with Gasteiger partial charge in [-0.2, -0.15) is 0 Å². The van der Waals surface area contributed by atoms with E-state index < -0.39 is 0 Å². The van der Waals surface area contributed by atoms with E-state index in [4.69, 9.17) is 10.9 Å². The molecular formula is C10H11N5O. The summed E-state index contributed by atoms with van der Waals surface area (Å²) in [5, 5.41) is 11.6. The standard InChI is InChI=1S/C10H11N5O/c1-7-6-12-3-2-8(7)15-5-4-13-10(15)9(11)14-16/h2-6,16H,1H3,(H2,11,14). The number of aryl methyl sites for hydroxylation is 1. The van der Waals surface area contributed by atoms with Crippen LogP contribution in [0.1, 0.15) is 11.4 Å². The van der Waals surface area contributed by atoms with Crippen molar-refractivity contribution in [3.63, 3.8) is 0 Å². The molecule has 82 valence electrons. The van der Waals surface area contributed by atoms with Gasteiger partial charge in [-0.25, -0.2) is 4.98 Å². The van der Waals surface area contributed by atoms with E-state index in [1.807, 2.05) is 13.0 Å². The summed E-state index contributed by atoms with van der Waals surface area (Å²) in [5.74, 6) is 0.373. The van der Waals surface area contributed by atoms with E-state index in [9.17, 15) is 0 Å². The van der Waals surface area contributed by atoms with Gasteiger partial charge in [-0.05, 0) is 18.6 Å². The van der Waals surface area contributed by atoms with E-state index in [0.717, 1.165) is 11.3 Å². The lowest BCUT2D eigenvalue weighted by Crippen LogP contribution is -2.19. The van der Waals surface area contributed by atoms with Crippen molar-refractivity contribution < 1.29 is 5.21 Å². The first-order valence-electron chi connectivity index (χ1n) is 4.66. The predicted octanol–water partition coefficient (Wildman–Crippen LogP) is 0.670. The zero-order chi connectivity index (χ0) is 11.5. The molecule has 0 unspecified atom stereocenters. The van der Waals surface area contributed by atoms with Crippen LogP contribution in [-0.4, -0.2) is 25.6 Å². The number of rotatable bonds is 2. The Kier molecular flexibility index (Phi) is 2.55. The van der Waals surface area contributed by atoms with Crippen LogP contribution in [0.2, 0.25) is 0 Å². The molecule has 0 saturated heterocycles. The number of hydrogen-bond acceptors (Lipinski definition) is 4. The minimum absolute atomic E-state index is 0.0267. The van der Waals surface area contributed by atoms with Crippen molar-refractivity contribution in [1.82, 2.24) is 14.5 Å². The summed E-state index contributed by atoms with van der Waals surface area (Å²) in [6, 6.07) is 1.84. The molecule has 2 heterocycles. The van der Waals surface area contributed by atoms with Gasteiger partial charge in [0.05, 0.1) is 5.69 Å². The predicted molar refractivity (Wildman–Crippen MR) is 58.6 cm³/mol. The molecule has 0 spiro atoms. The van der Waals surface area contributed by atoms with Gasteiger partial charge in [-0.15, -0.1) is 0 Å². The zero-order valence-corrected chi connectivity index (χ0v) is 8.70. The van der Waals surface area contributed by atoms with Crippen molar-refractivity contribution in [3.8, 4) is 5.69 Å². The average molecular weight is 217 g/mol. The third kappa shape index (κ3) is 1.60. The largest absolute Gasteiger partial charge is 0.409 e. The first-order chi connectivity index (χ1) is 7.74. The smallest absolute Gasteiger partial charge is 0.206 e. The van der Waals surface area contributed by atoms with Crippen LogP contribution in [0.15, 0.2) is 36.0 Å². The maximum Gasteiger partial charge on any atom is 0.206 e. The van der Waals surface area contributed by atoms with Crippen LogP contribution in [0.4, 0.5) is 0 Å². The van der Waals surface area contributed by atoms with Gasteiger partial charge in [-0.3, -0.25) is 9.55 Å². The highest BCUT2D eigenvalue weighted by Gasteiger charge is 2.10. The molecule has 0 amide bonds. The third-order valence-corrected chi connectivity index (χ3v) is 2.23. The zero-order valence-electron chi connectivity index (χ0n) is 8.70. The lowest BCUT2D eigenvalue weighted by Gasteiger charge is -2.08. The normalized spacial score (nSPS) is 11.7. The van der Waals surface area contributed by atoms with Gasteiger partial charge in [0, 0.05) is 24.8 Å². The maximum absolute atomic E-state index is 8.64. The number of amidine groups is 1. The summed E-state index contributed by atoms with van der Waals surface area (Å²) < 4.78 is 1.74. The molecule has 0 fully saturated rings. The maximum atomic E-state index is 8.64. The molecule has 2 aromatic rings. The number of nitrogens with zero attached hydrogens (tertiary/aromatic N) is 4. The number of oxime groups is 1. The van der Waals surface area contributed by atoms with Crippen molar-refractivity contribution >= 4 is 5.84 Å². The Labute approximate surface area is 92.1 Å². The highest BCUT2D eigenvalue weighted by molar-refractivity contribution is 5.94. The Balaban J connectivity index is 2.58. The van der Waals surface area contributed by atoms with E-state index in [-0.39, 0.29) is 5.84 Å². The molecule has 0 aliphatic carbocycles. The summed E-state index contributed by atoms with van der Waals surface area (Å²) in [6.45, 7) is 1.93. The van der Waals surface area contributed by atoms with E-state index in [1.165, 1.54) is 0 Å². The van der Waals surface area contributed by atoms with Crippen LogP contribution in [0.3, 0.4) is 0 Å². The molecule has 0 radical (unpaired) electrons. The molecule has 2 rings (SSSR count). The van der Waals surface area contributed by atoms with E-state index >= 15 is 0 Å². The first-order valence-corrected chi connectivity index (χ1v) is 4.66. The topological polar surface area (TPSA) is 89.3 Å². The monoisotopic (exact) mass is 217 g/mol. The SMILES string of the molecule is Cc1cnccc1-n1ccnc1C(N)=NO.